The molecular weight excluding hydrogens is 529 g/mol. The van der Waals surface area contributed by atoms with E-state index < -0.39 is 17.5 Å². The molecule has 3 aromatic carbocycles. The maximum Gasteiger partial charge on any atom is 0.204 e. The molecule has 2 atom stereocenters. The maximum atomic E-state index is 15.3. The highest BCUT2D eigenvalue weighted by Crippen LogP contribution is 2.35. The summed E-state index contributed by atoms with van der Waals surface area (Å²) >= 11 is 6.37. The highest BCUT2D eigenvalue weighted by atomic mass is 35.5. The number of hydrogen-bond donors (Lipinski definition) is 1. The summed E-state index contributed by atoms with van der Waals surface area (Å²) in [4.78, 5) is 4.64. The van der Waals surface area contributed by atoms with Crippen molar-refractivity contribution in [1.82, 2.24) is 30.2 Å². The smallest absolute Gasteiger partial charge is 0.204 e. The van der Waals surface area contributed by atoms with Crippen molar-refractivity contribution >= 4 is 22.6 Å². The first-order valence-corrected chi connectivity index (χ1v) is 13.1. The predicted octanol–water partition coefficient (Wildman–Crippen LogP) is 6.53. The first-order valence-electron chi connectivity index (χ1n) is 12.7. The van der Waals surface area contributed by atoms with E-state index in [1.165, 1.54) is 6.07 Å². The zero-order valence-corrected chi connectivity index (χ0v) is 21.5. The number of H-pyrrole nitrogens is 1. The van der Waals surface area contributed by atoms with Gasteiger partial charge in [0.25, 0.3) is 0 Å². The molecule has 1 fully saturated rings. The normalized spacial score (nSPS) is 17.5. The van der Waals surface area contributed by atoms with E-state index in [1.54, 1.807) is 16.7 Å². The molecule has 1 aliphatic rings. The fourth-order valence-corrected chi connectivity index (χ4v) is 5.52. The highest BCUT2D eigenvalue weighted by Gasteiger charge is 2.23. The largest absolute Gasteiger partial charge is 0.493 e. The van der Waals surface area contributed by atoms with Gasteiger partial charge in [0, 0.05) is 28.6 Å². The first-order chi connectivity index (χ1) is 19.0. The third kappa shape index (κ3) is 5.21. The third-order valence-electron chi connectivity index (χ3n) is 7.10. The number of aromatic nitrogens is 6. The second kappa shape index (κ2) is 10.7. The number of nitrogens with one attached hydrogen (secondary N) is 1. The Bertz CT molecular complexity index is 1620. The van der Waals surface area contributed by atoms with Crippen molar-refractivity contribution in [2.24, 2.45) is 5.92 Å². The molecule has 2 heterocycles. The van der Waals surface area contributed by atoms with Crippen molar-refractivity contribution in [3.05, 3.63) is 77.6 Å². The van der Waals surface area contributed by atoms with E-state index in [4.69, 9.17) is 16.3 Å². The summed E-state index contributed by atoms with van der Waals surface area (Å²) in [6.07, 6.45) is 4.01. The molecule has 1 aliphatic carbocycles. The van der Waals surface area contributed by atoms with Crippen LogP contribution in [0.5, 0.6) is 5.75 Å². The SMILES string of the molecule is Fc1cc2nc(-c3ccccc3OCC3CCCC(Cl)C3)n(Cc3ccc(-c4nn[nH]n4)cc3F)c2cc1F. The molecule has 7 nitrogen and oxygen atoms in total. The molecule has 0 bridgehead atoms. The van der Waals surface area contributed by atoms with Crippen LogP contribution in [0, 0.1) is 23.4 Å². The molecule has 0 aliphatic heterocycles. The van der Waals surface area contributed by atoms with E-state index in [-0.39, 0.29) is 23.3 Å². The van der Waals surface area contributed by atoms with Crippen molar-refractivity contribution < 1.29 is 17.9 Å². The fraction of sp³-hybridized carbons (Fsp3) is 0.286. The van der Waals surface area contributed by atoms with Gasteiger partial charge in [0.2, 0.25) is 5.82 Å². The number of alkyl halides is 1. The molecule has 0 spiro atoms. The Hall–Kier alpha value is -3.92. The maximum absolute atomic E-state index is 15.3. The van der Waals surface area contributed by atoms with Gasteiger partial charge in [0.05, 0.1) is 29.7 Å². The molecule has 5 aromatic rings. The van der Waals surface area contributed by atoms with Gasteiger partial charge < -0.3 is 9.30 Å². The van der Waals surface area contributed by atoms with Crippen LogP contribution in [0.3, 0.4) is 0 Å². The monoisotopic (exact) mass is 552 g/mol. The summed E-state index contributed by atoms with van der Waals surface area (Å²) < 4.78 is 51.7. The van der Waals surface area contributed by atoms with E-state index in [2.05, 4.69) is 25.6 Å². The van der Waals surface area contributed by atoms with E-state index in [1.807, 2.05) is 24.3 Å². The summed E-state index contributed by atoms with van der Waals surface area (Å²) in [5, 5.41) is 13.8. The Morgan fingerprint density at radius 1 is 1.00 bits per heavy atom. The minimum atomic E-state index is -1.01. The van der Waals surface area contributed by atoms with Crippen LogP contribution in [0.25, 0.3) is 33.8 Å². The summed E-state index contributed by atoms with van der Waals surface area (Å²) in [7, 11) is 0. The zero-order valence-electron chi connectivity index (χ0n) is 20.7. The van der Waals surface area contributed by atoms with Crippen molar-refractivity contribution in [3.8, 4) is 28.5 Å². The molecule has 0 amide bonds. The van der Waals surface area contributed by atoms with E-state index >= 15 is 4.39 Å². The van der Waals surface area contributed by atoms with Gasteiger partial charge >= 0.3 is 0 Å². The Labute approximate surface area is 227 Å². The fourth-order valence-electron chi connectivity index (χ4n) is 5.12. The Morgan fingerprint density at radius 2 is 1.85 bits per heavy atom. The van der Waals surface area contributed by atoms with Crippen LogP contribution in [0.15, 0.2) is 54.6 Å². The van der Waals surface area contributed by atoms with E-state index in [9.17, 15) is 8.78 Å². The Kier molecular flexibility index (Phi) is 6.95. The number of nitrogens with zero attached hydrogens (tertiary/aromatic N) is 5. The molecule has 11 heteroatoms. The number of rotatable bonds is 7. The van der Waals surface area contributed by atoms with Crippen LogP contribution in [0.2, 0.25) is 0 Å². The minimum absolute atomic E-state index is 0.0140. The number of benzene rings is 3. The third-order valence-corrected chi connectivity index (χ3v) is 7.49. The zero-order chi connectivity index (χ0) is 26.9. The number of hydrogen-bond acceptors (Lipinski definition) is 5. The minimum Gasteiger partial charge on any atom is -0.493 e. The highest BCUT2D eigenvalue weighted by molar-refractivity contribution is 6.20. The molecule has 39 heavy (non-hydrogen) atoms. The van der Waals surface area contributed by atoms with Crippen LogP contribution in [0.1, 0.15) is 31.2 Å². The Balaban J connectivity index is 1.39. The molecule has 6 rings (SSSR count). The average molecular weight is 553 g/mol. The van der Waals surface area contributed by atoms with Crippen LogP contribution in [-0.4, -0.2) is 42.2 Å². The lowest BCUT2D eigenvalue weighted by Crippen LogP contribution is -2.21. The van der Waals surface area contributed by atoms with Gasteiger partial charge in [-0.3, -0.25) is 0 Å². The molecule has 0 radical (unpaired) electrons. The number of imidazole rings is 1. The summed E-state index contributed by atoms with van der Waals surface area (Å²) in [6, 6.07) is 14.1. The second-order valence-corrected chi connectivity index (χ2v) is 10.4. The number of ether oxygens (including phenoxy) is 1. The molecule has 200 valence electrons. The Morgan fingerprint density at radius 3 is 2.64 bits per heavy atom. The predicted molar refractivity (Wildman–Crippen MR) is 141 cm³/mol. The van der Waals surface area contributed by atoms with Gasteiger partial charge in [0.1, 0.15) is 17.4 Å². The summed E-state index contributed by atoms with van der Waals surface area (Å²) in [5.74, 6) is -0.942. The van der Waals surface area contributed by atoms with Crippen LogP contribution in [-0.2, 0) is 6.54 Å². The van der Waals surface area contributed by atoms with E-state index in [0.29, 0.717) is 46.3 Å². The number of tetrazole rings is 1. The van der Waals surface area contributed by atoms with Crippen molar-refractivity contribution in [2.75, 3.05) is 6.61 Å². The lowest BCUT2D eigenvalue weighted by molar-refractivity contribution is 0.211. The molecule has 1 saturated carbocycles. The second-order valence-electron chi connectivity index (χ2n) is 9.76. The lowest BCUT2D eigenvalue weighted by atomic mass is 9.89. The number of fused-ring (bicyclic) bond motifs is 1. The molecular formula is C28H24ClF3N6O. The van der Waals surface area contributed by atoms with Crippen LogP contribution in [0.4, 0.5) is 13.2 Å². The molecule has 2 aromatic heterocycles. The van der Waals surface area contributed by atoms with Gasteiger partial charge in [-0.2, -0.15) is 5.21 Å². The van der Waals surface area contributed by atoms with Crippen LogP contribution < -0.4 is 4.74 Å². The van der Waals surface area contributed by atoms with Gasteiger partial charge in [0.15, 0.2) is 11.6 Å². The number of para-hydroxylation sites is 1. The number of halogens is 4. The molecule has 2 unspecified atom stereocenters. The summed E-state index contributed by atoms with van der Waals surface area (Å²) in [5.41, 5.74) is 1.99. The van der Waals surface area contributed by atoms with Gasteiger partial charge in [-0.15, -0.1) is 21.8 Å². The van der Waals surface area contributed by atoms with Crippen molar-refractivity contribution in [2.45, 2.75) is 37.6 Å². The molecule has 1 N–H and O–H groups in total. The van der Waals surface area contributed by atoms with Crippen molar-refractivity contribution in [1.29, 1.82) is 0 Å². The first kappa shape index (κ1) is 25.4. The van der Waals surface area contributed by atoms with E-state index in [0.717, 1.165) is 37.8 Å². The molecule has 0 saturated heterocycles. The number of aromatic amines is 1. The van der Waals surface area contributed by atoms with Gasteiger partial charge in [-0.25, -0.2) is 18.2 Å². The lowest BCUT2D eigenvalue weighted by Gasteiger charge is -2.25. The average Bonchev–Trinajstić information content (AvgIpc) is 3.58. The van der Waals surface area contributed by atoms with Crippen LogP contribution >= 0.6 is 11.6 Å². The quantitative estimate of drug-likeness (QED) is 0.232. The van der Waals surface area contributed by atoms with Gasteiger partial charge in [-0.1, -0.05) is 30.7 Å². The van der Waals surface area contributed by atoms with Gasteiger partial charge in [-0.05, 0) is 48.6 Å². The topological polar surface area (TPSA) is 81.5 Å². The van der Waals surface area contributed by atoms with Crippen molar-refractivity contribution in [3.63, 3.8) is 0 Å². The summed E-state index contributed by atoms with van der Waals surface area (Å²) in [6.45, 7) is 0.510. The standard InChI is InChI=1S/C28H24ClF3N6O/c29-19-5-3-4-16(10-19)15-39-26-7-2-1-6-20(26)28-33-24-12-22(31)23(32)13-25(24)38(28)14-18-9-8-17(11-21(18)30)27-34-36-37-35-27/h1-2,6-9,11-13,16,19H,3-5,10,14-15H2,(H,34,35,36,37).